The zero-order valence-electron chi connectivity index (χ0n) is 13.8. The van der Waals surface area contributed by atoms with E-state index in [-0.39, 0.29) is 11.7 Å². The highest BCUT2D eigenvalue weighted by Crippen LogP contribution is 2.28. The molecular weight excluding hydrogens is 343 g/mol. The van der Waals surface area contributed by atoms with Crippen LogP contribution in [-0.2, 0) is 5.75 Å². The second-order valence-electron chi connectivity index (χ2n) is 5.15. The Balaban J connectivity index is 1.84. The lowest BCUT2D eigenvalue weighted by atomic mass is 10.2. The van der Waals surface area contributed by atoms with E-state index >= 15 is 0 Å². The number of fused-ring (bicyclic) bond motifs is 1. The number of nitrogens with zero attached hydrogens (tertiary/aromatic N) is 3. The van der Waals surface area contributed by atoms with Gasteiger partial charge in [-0.05, 0) is 31.2 Å². The van der Waals surface area contributed by atoms with Crippen LogP contribution in [0.25, 0.3) is 5.65 Å². The summed E-state index contributed by atoms with van der Waals surface area (Å²) in [5, 5.41) is 7.39. The molecule has 2 heterocycles. The molecule has 0 radical (unpaired) electrons. The first-order valence-corrected chi connectivity index (χ1v) is 8.71. The molecule has 0 aliphatic rings. The van der Waals surface area contributed by atoms with Crippen LogP contribution in [0.1, 0.15) is 22.8 Å². The van der Waals surface area contributed by atoms with Crippen molar-refractivity contribution in [3.05, 3.63) is 53.6 Å². The van der Waals surface area contributed by atoms with Crippen LogP contribution in [0, 0.1) is 5.82 Å². The number of nitrogens with one attached hydrogen (secondary N) is 1. The quantitative estimate of drug-likeness (QED) is 0.541. The van der Waals surface area contributed by atoms with Crippen molar-refractivity contribution in [1.82, 2.24) is 19.9 Å². The number of halogens is 1. The fourth-order valence-corrected chi connectivity index (χ4v) is 3.17. The molecule has 1 aromatic carbocycles. The Hall–Kier alpha value is -2.61. The minimum Gasteiger partial charge on any atom is -0.494 e. The molecule has 0 atom stereocenters. The van der Waals surface area contributed by atoms with Crippen molar-refractivity contribution < 1.29 is 13.9 Å². The van der Waals surface area contributed by atoms with Gasteiger partial charge in [-0.25, -0.2) is 13.9 Å². The van der Waals surface area contributed by atoms with Gasteiger partial charge in [0.2, 0.25) is 0 Å². The first-order valence-electron chi connectivity index (χ1n) is 7.73. The number of hydrogen-bond acceptors (Lipinski definition) is 5. The van der Waals surface area contributed by atoms with E-state index in [9.17, 15) is 9.18 Å². The van der Waals surface area contributed by atoms with Crippen LogP contribution in [-0.4, -0.2) is 34.2 Å². The van der Waals surface area contributed by atoms with Crippen LogP contribution in [0.3, 0.4) is 0 Å². The first kappa shape index (κ1) is 17.2. The molecule has 0 bridgehead atoms. The fraction of sp³-hybridized carbons (Fsp3) is 0.235. The van der Waals surface area contributed by atoms with Gasteiger partial charge in [0.05, 0.1) is 12.8 Å². The molecule has 2 aromatic heterocycles. The fourth-order valence-electron chi connectivity index (χ4n) is 2.34. The maximum atomic E-state index is 13.5. The van der Waals surface area contributed by atoms with Gasteiger partial charge in [0.25, 0.3) is 5.91 Å². The van der Waals surface area contributed by atoms with Crippen molar-refractivity contribution in [2.45, 2.75) is 17.7 Å². The van der Waals surface area contributed by atoms with Crippen LogP contribution < -0.4 is 10.1 Å². The number of benzene rings is 1. The van der Waals surface area contributed by atoms with Crippen molar-refractivity contribution in [3.8, 4) is 5.75 Å². The van der Waals surface area contributed by atoms with Crippen LogP contribution in [0.4, 0.5) is 4.39 Å². The SMILES string of the molecule is CCOc1ccc(F)cc1CSc1ccn2ncc(C(=O)NC)c2n1. The third-order valence-electron chi connectivity index (χ3n) is 3.51. The molecule has 25 heavy (non-hydrogen) atoms. The summed E-state index contributed by atoms with van der Waals surface area (Å²) in [7, 11) is 1.56. The van der Waals surface area contributed by atoms with Crippen molar-refractivity contribution in [1.29, 1.82) is 0 Å². The van der Waals surface area contributed by atoms with E-state index in [0.29, 0.717) is 34.3 Å². The van der Waals surface area contributed by atoms with Crippen molar-refractivity contribution >= 4 is 23.3 Å². The third kappa shape index (κ3) is 3.74. The summed E-state index contributed by atoms with van der Waals surface area (Å²) < 4.78 is 20.6. The predicted octanol–water partition coefficient (Wildman–Crippen LogP) is 2.92. The zero-order chi connectivity index (χ0) is 17.8. The Morgan fingerprint density at radius 1 is 1.40 bits per heavy atom. The lowest BCUT2D eigenvalue weighted by molar-refractivity contribution is 0.0964. The summed E-state index contributed by atoms with van der Waals surface area (Å²) in [4.78, 5) is 16.3. The smallest absolute Gasteiger partial charge is 0.256 e. The van der Waals surface area contributed by atoms with Gasteiger partial charge in [-0.3, -0.25) is 4.79 Å². The number of carbonyl (C=O) groups excluding carboxylic acids is 1. The monoisotopic (exact) mass is 360 g/mol. The average molecular weight is 360 g/mol. The Kier molecular flexibility index (Phi) is 5.18. The van der Waals surface area contributed by atoms with Gasteiger partial charge in [0.15, 0.2) is 5.65 Å². The molecule has 3 aromatic rings. The molecule has 130 valence electrons. The molecule has 0 saturated heterocycles. The number of hydrogen-bond donors (Lipinski definition) is 1. The average Bonchev–Trinajstić information content (AvgIpc) is 3.04. The second kappa shape index (κ2) is 7.52. The van der Waals surface area contributed by atoms with Crippen LogP contribution >= 0.6 is 11.8 Å². The molecular formula is C17H17FN4O2S. The Labute approximate surface area is 148 Å². The molecule has 0 unspecified atom stereocenters. The Bertz CT molecular complexity index is 913. The van der Waals surface area contributed by atoms with E-state index in [4.69, 9.17) is 4.74 Å². The molecule has 1 N–H and O–H groups in total. The standard InChI is InChI=1S/C17H17FN4O2S/c1-3-24-14-5-4-12(18)8-11(14)10-25-15-6-7-22-16(21-15)13(9-20-22)17(23)19-2/h4-9H,3,10H2,1-2H3,(H,19,23). The van der Waals surface area contributed by atoms with Crippen LogP contribution in [0.5, 0.6) is 5.75 Å². The van der Waals surface area contributed by atoms with Crippen molar-refractivity contribution in [2.75, 3.05) is 13.7 Å². The number of aromatic nitrogens is 3. The number of ether oxygens (including phenoxy) is 1. The summed E-state index contributed by atoms with van der Waals surface area (Å²) >= 11 is 1.44. The van der Waals surface area contributed by atoms with E-state index < -0.39 is 0 Å². The summed E-state index contributed by atoms with van der Waals surface area (Å²) in [6, 6.07) is 6.28. The van der Waals surface area contributed by atoms with Gasteiger partial charge < -0.3 is 10.1 Å². The molecule has 0 spiro atoms. The lowest BCUT2D eigenvalue weighted by Gasteiger charge is -2.10. The second-order valence-corrected chi connectivity index (χ2v) is 6.14. The largest absolute Gasteiger partial charge is 0.494 e. The van der Waals surface area contributed by atoms with Gasteiger partial charge in [-0.15, -0.1) is 11.8 Å². The molecule has 3 rings (SSSR count). The van der Waals surface area contributed by atoms with Gasteiger partial charge in [-0.2, -0.15) is 5.10 Å². The van der Waals surface area contributed by atoms with E-state index in [1.165, 1.54) is 30.1 Å². The van der Waals surface area contributed by atoms with Crippen LogP contribution in [0.15, 0.2) is 41.7 Å². The van der Waals surface area contributed by atoms with E-state index in [2.05, 4.69) is 15.4 Å². The highest BCUT2D eigenvalue weighted by atomic mass is 32.2. The molecule has 0 aliphatic carbocycles. The number of thioether (sulfide) groups is 1. The van der Waals surface area contributed by atoms with Crippen molar-refractivity contribution in [2.24, 2.45) is 0 Å². The molecule has 0 aliphatic heterocycles. The minimum atomic E-state index is -0.305. The van der Waals surface area contributed by atoms with E-state index in [1.54, 1.807) is 29.9 Å². The Morgan fingerprint density at radius 2 is 2.24 bits per heavy atom. The van der Waals surface area contributed by atoms with E-state index in [0.717, 1.165) is 5.56 Å². The van der Waals surface area contributed by atoms with E-state index in [1.807, 2.05) is 6.92 Å². The molecule has 8 heteroatoms. The summed E-state index contributed by atoms with van der Waals surface area (Å²) in [5.74, 6) is 0.612. The lowest BCUT2D eigenvalue weighted by Crippen LogP contribution is -2.17. The number of carbonyl (C=O) groups is 1. The first-order chi connectivity index (χ1) is 12.1. The van der Waals surface area contributed by atoms with Gasteiger partial charge in [0, 0.05) is 24.6 Å². The summed E-state index contributed by atoms with van der Waals surface area (Å²) in [6.07, 6.45) is 3.22. The van der Waals surface area contributed by atoms with Gasteiger partial charge in [0.1, 0.15) is 22.2 Å². The summed E-state index contributed by atoms with van der Waals surface area (Å²) in [6.45, 7) is 2.40. The van der Waals surface area contributed by atoms with Crippen LogP contribution in [0.2, 0.25) is 0 Å². The minimum absolute atomic E-state index is 0.242. The molecule has 0 saturated carbocycles. The topological polar surface area (TPSA) is 68.5 Å². The molecule has 1 amide bonds. The summed E-state index contributed by atoms with van der Waals surface area (Å²) in [5.41, 5.74) is 1.65. The van der Waals surface area contributed by atoms with Gasteiger partial charge >= 0.3 is 0 Å². The maximum Gasteiger partial charge on any atom is 0.256 e. The number of rotatable bonds is 6. The highest BCUT2D eigenvalue weighted by molar-refractivity contribution is 7.98. The molecule has 6 nitrogen and oxygen atoms in total. The predicted molar refractivity (Wildman–Crippen MR) is 93.5 cm³/mol. The third-order valence-corrected chi connectivity index (χ3v) is 4.49. The number of amides is 1. The normalized spacial score (nSPS) is 10.8. The maximum absolute atomic E-state index is 13.5. The Morgan fingerprint density at radius 3 is 3.00 bits per heavy atom. The van der Waals surface area contributed by atoms with Gasteiger partial charge in [-0.1, -0.05) is 0 Å². The van der Waals surface area contributed by atoms with Crippen molar-refractivity contribution in [3.63, 3.8) is 0 Å². The molecule has 0 fully saturated rings. The zero-order valence-corrected chi connectivity index (χ0v) is 14.6. The highest BCUT2D eigenvalue weighted by Gasteiger charge is 2.13.